The van der Waals surface area contributed by atoms with Crippen molar-refractivity contribution in [1.29, 1.82) is 0 Å². The maximum Gasteiger partial charge on any atom is 0.338 e. The van der Waals surface area contributed by atoms with Crippen molar-refractivity contribution in [2.75, 3.05) is 19.7 Å². The van der Waals surface area contributed by atoms with Crippen molar-refractivity contribution in [1.82, 2.24) is 10.2 Å². The molecule has 3 fully saturated rings. The number of ether oxygens (including phenoxy) is 3. The number of fused-ring (bicyclic) bond motifs is 5. The normalized spacial score (nSPS) is 33.9. The van der Waals surface area contributed by atoms with E-state index in [-0.39, 0.29) is 124 Å². The first-order valence-electron chi connectivity index (χ1n) is 18.3. The third-order valence-electron chi connectivity index (χ3n) is 12.6. The molecule has 11 atom stereocenters. The number of rotatable bonds is 9. The first-order chi connectivity index (χ1) is 25.4. The van der Waals surface area contributed by atoms with Crippen LogP contribution in [0.5, 0.6) is 0 Å². The van der Waals surface area contributed by atoms with Crippen LogP contribution in [0.3, 0.4) is 0 Å². The van der Waals surface area contributed by atoms with Gasteiger partial charge in [-0.2, -0.15) is 0 Å². The number of furan rings is 1. The number of aliphatic hydroxyl groups excluding tert-OH is 3. The molecule has 1 aromatic heterocycles. The molecule has 3 aliphatic carbocycles. The molecule has 2 amide bonds. The first kappa shape index (κ1) is 47.4. The molecule has 10 unspecified atom stereocenters. The first-order valence-corrected chi connectivity index (χ1v) is 18.3. The second-order valence-electron chi connectivity index (χ2n) is 15.6. The van der Waals surface area contributed by atoms with Crippen LogP contribution < -0.4 is 5.32 Å². The summed E-state index contributed by atoms with van der Waals surface area (Å²) in [4.78, 5) is 57.0. The van der Waals surface area contributed by atoms with Crippen molar-refractivity contribution in [3.05, 3.63) is 71.2 Å². The molecule has 6 N–H and O–H groups in total. The number of urea groups is 1. The summed E-state index contributed by atoms with van der Waals surface area (Å²) in [5, 5.41) is 63.1. The average molecular weight is 1210 g/mol. The molecule has 2 aromatic rings. The van der Waals surface area contributed by atoms with Gasteiger partial charge in [0.2, 0.25) is 0 Å². The second-order valence-corrected chi connectivity index (χ2v) is 15.6. The summed E-state index contributed by atoms with van der Waals surface area (Å²) in [6, 6.07) is 8.89. The Bertz CT molecular complexity index is 1800. The van der Waals surface area contributed by atoms with Crippen LogP contribution in [0.4, 0.5) is 4.79 Å². The summed E-state index contributed by atoms with van der Waals surface area (Å²) in [7, 11) is 0. The molecule has 4 aliphatic rings. The van der Waals surface area contributed by atoms with Crippen molar-refractivity contribution in [2.45, 2.75) is 108 Å². The van der Waals surface area contributed by atoms with Gasteiger partial charge < -0.3 is 54.4 Å². The number of nitrogens with one attached hydrogen (secondary N) is 1. The van der Waals surface area contributed by atoms with Crippen molar-refractivity contribution >= 4 is 23.8 Å². The van der Waals surface area contributed by atoms with Gasteiger partial charge in [-0.3, -0.25) is 4.79 Å². The number of hydrogen-bond donors (Lipinski definition) is 6. The fraction of sp³-hybridized carbons (Fsp3) is 0.590. The summed E-state index contributed by atoms with van der Waals surface area (Å²) in [6.07, 6.45) is -9.04. The van der Waals surface area contributed by atoms with E-state index in [4.69, 9.17) is 18.6 Å². The van der Waals surface area contributed by atoms with E-state index in [1.807, 2.05) is 0 Å². The Hall–Kier alpha value is -1.24. The second kappa shape index (κ2) is 17.8. The van der Waals surface area contributed by atoms with Gasteiger partial charge in [0, 0.05) is 125 Å². The molecular weight excluding hydrogens is 1160 g/mol. The maximum absolute atomic E-state index is 14.7. The minimum Gasteiger partial charge on any atom is -0.467 e. The molecule has 2 heterocycles. The van der Waals surface area contributed by atoms with Gasteiger partial charge in [-0.15, -0.1) is 0 Å². The minimum atomic E-state index is -2.31. The summed E-state index contributed by atoms with van der Waals surface area (Å²) < 4.78 is 23.2. The number of benzene rings is 1. The molecule has 0 spiro atoms. The van der Waals surface area contributed by atoms with E-state index < -0.39 is 101 Å². The van der Waals surface area contributed by atoms with Crippen molar-refractivity contribution < 1.29 is 151 Å². The number of nitrogens with zero attached hydrogens (tertiary/aromatic N) is 1. The number of ketones is 1. The maximum atomic E-state index is 14.7. The van der Waals surface area contributed by atoms with E-state index >= 15 is 0 Å². The van der Waals surface area contributed by atoms with E-state index in [2.05, 4.69) is 5.32 Å². The van der Waals surface area contributed by atoms with E-state index in [1.165, 1.54) is 49.3 Å². The van der Waals surface area contributed by atoms with E-state index in [0.29, 0.717) is 13.1 Å². The Morgan fingerprint density at radius 1 is 1.00 bits per heavy atom. The summed E-state index contributed by atoms with van der Waals surface area (Å²) in [5.41, 5.74) is -7.53. The third kappa shape index (κ3) is 7.67. The molecule has 300 valence electrons. The topological polar surface area (TPSA) is 226 Å². The Labute approximate surface area is 397 Å². The smallest absolute Gasteiger partial charge is 0.338 e. The monoisotopic (exact) mass is 1210 g/mol. The van der Waals surface area contributed by atoms with Gasteiger partial charge in [-0.1, -0.05) is 32.0 Å². The van der Waals surface area contributed by atoms with Gasteiger partial charge in [-0.25, -0.2) is 14.4 Å². The average Bonchev–Trinajstić information content (AvgIpc) is 3.68. The number of aliphatic hydroxyl groups is 5. The standard InChI is InChI=1S/C39H50N2O13.2Ac/c1-7-41(8-2)35(48)40-27(22-15-12-16-51-22)29(44)34(47)53-23-18-39(50)32(54-33(46)21-13-10-9-11-14-21)30-37(6,24(42)17-25-38(30,49)19-52-25)31(45)28(43)26(20(23)3)36(39,4)5;;/h9-16,23-25,27-30,32,42-44,49-50H,7-8,17-19H2,1-6H3,(H,40,48);;/t23?,24?,25?,27?,28?,29?,30?,32?,37-,38?,39?;;/m1../s1. The van der Waals surface area contributed by atoms with Gasteiger partial charge >= 0.3 is 18.0 Å². The number of esters is 2. The Balaban J connectivity index is 0.00000348. The zero-order chi connectivity index (χ0) is 39.5. The Morgan fingerprint density at radius 3 is 2.20 bits per heavy atom. The van der Waals surface area contributed by atoms with Crippen molar-refractivity contribution in [3.63, 3.8) is 0 Å². The van der Waals surface area contributed by atoms with Crippen LogP contribution in [0, 0.1) is 105 Å². The van der Waals surface area contributed by atoms with Crippen molar-refractivity contribution in [2.24, 2.45) is 16.7 Å². The summed E-state index contributed by atoms with van der Waals surface area (Å²) >= 11 is 0. The molecular formula is C39H50Ac2N2O13. The van der Waals surface area contributed by atoms with Crippen LogP contribution >= 0.6 is 0 Å². The van der Waals surface area contributed by atoms with Crippen LogP contribution in [-0.4, -0.2) is 122 Å². The van der Waals surface area contributed by atoms with Crippen LogP contribution in [0.1, 0.15) is 76.5 Å². The molecule has 2 bridgehead atoms. The zero-order valence-corrected chi connectivity index (χ0v) is 41.9. The number of Topliss-reactive ketones (excluding diaryl/α,β-unsaturated/α-hetero) is 1. The fourth-order valence-corrected chi connectivity index (χ4v) is 9.23. The number of amides is 2. The Kier molecular flexibility index (Phi) is 15.1. The zero-order valence-electron chi connectivity index (χ0n) is 32.4. The molecule has 56 heavy (non-hydrogen) atoms. The van der Waals surface area contributed by atoms with Gasteiger partial charge in [-0.05, 0) is 63.1 Å². The van der Waals surface area contributed by atoms with Gasteiger partial charge in [0.1, 0.15) is 41.3 Å². The fourth-order valence-electron chi connectivity index (χ4n) is 9.23. The van der Waals surface area contributed by atoms with Crippen LogP contribution in [0.15, 0.2) is 64.3 Å². The van der Waals surface area contributed by atoms with Gasteiger partial charge in [0.25, 0.3) is 0 Å². The predicted octanol–water partition coefficient (Wildman–Crippen LogP) is 1.81. The van der Waals surface area contributed by atoms with E-state index in [1.54, 1.807) is 45.9 Å². The summed E-state index contributed by atoms with van der Waals surface area (Å²) in [5.74, 6) is -4.50. The largest absolute Gasteiger partial charge is 0.467 e. The number of carbonyl (C=O) groups excluding carboxylic acids is 4. The number of hydrogen-bond acceptors (Lipinski definition) is 13. The van der Waals surface area contributed by atoms with Crippen molar-refractivity contribution in [3.8, 4) is 0 Å². The SMILES string of the molecule is CCN(CC)C(=O)NC(c1ccco1)C(O)C(=O)OC1CC2(O)C(OC(=O)c3ccccc3)C3C4(O)COC4CC(O)[C@@]3(C)C(=O)C(O)C(=C1C)C2(C)C.[Ac].[Ac]. The molecule has 1 aliphatic heterocycles. The summed E-state index contributed by atoms with van der Waals surface area (Å²) in [6.45, 7) is 9.89. The Morgan fingerprint density at radius 2 is 1.64 bits per heavy atom. The van der Waals surface area contributed by atoms with Gasteiger partial charge in [0.05, 0.1) is 36.1 Å². The molecule has 6 rings (SSSR count). The minimum absolute atomic E-state index is 0. The molecule has 1 aromatic carbocycles. The van der Waals surface area contributed by atoms with Crippen LogP contribution in [0.2, 0.25) is 0 Å². The molecule has 17 heteroatoms. The van der Waals surface area contributed by atoms with E-state index in [9.17, 15) is 44.7 Å². The molecule has 15 nitrogen and oxygen atoms in total. The third-order valence-corrected chi connectivity index (χ3v) is 12.6. The van der Waals surface area contributed by atoms with Gasteiger partial charge in [0.15, 0.2) is 11.9 Å². The quantitative estimate of drug-likeness (QED) is 0.156. The molecule has 1 saturated heterocycles. The van der Waals surface area contributed by atoms with E-state index in [0.717, 1.165) is 0 Å². The molecule has 2 radical (unpaired) electrons. The number of carbonyl (C=O) groups is 4. The predicted molar refractivity (Wildman–Crippen MR) is 188 cm³/mol. The van der Waals surface area contributed by atoms with Crippen LogP contribution in [-0.2, 0) is 23.8 Å². The van der Waals surface area contributed by atoms with Crippen LogP contribution in [0.25, 0.3) is 0 Å². The molecule has 2 saturated carbocycles.